The van der Waals surface area contributed by atoms with Crippen LogP contribution < -0.4 is 5.32 Å². The van der Waals surface area contributed by atoms with Crippen molar-refractivity contribution >= 4 is 11.8 Å². The zero-order chi connectivity index (χ0) is 21.3. The number of fused-ring (bicyclic) bond motifs is 1. The molecule has 4 rings (SSSR count). The predicted octanol–water partition coefficient (Wildman–Crippen LogP) is 1.14. The van der Waals surface area contributed by atoms with Crippen LogP contribution >= 0.6 is 0 Å². The smallest absolute Gasteiger partial charge is 0.272 e. The van der Waals surface area contributed by atoms with E-state index in [0.717, 1.165) is 17.0 Å². The maximum absolute atomic E-state index is 12.8. The molecule has 2 aromatic rings. The van der Waals surface area contributed by atoms with Gasteiger partial charge in [0.2, 0.25) is 5.91 Å². The van der Waals surface area contributed by atoms with Gasteiger partial charge in [0.1, 0.15) is 29.9 Å². The molecule has 9 heteroatoms. The summed E-state index contributed by atoms with van der Waals surface area (Å²) in [5.74, 6) is 0.845. The first kappa shape index (κ1) is 19.8. The minimum Gasteiger partial charge on any atom is -0.493 e. The molecule has 0 aromatic carbocycles. The molecule has 9 nitrogen and oxygen atoms in total. The van der Waals surface area contributed by atoms with Gasteiger partial charge in [-0.25, -0.2) is 9.97 Å². The minimum absolute atomic E-state index is 0.0888. The number of likely N-dealkylation sites (N-methyl/N-ethyl adjacent to an activating group) is 1. The van der Waals surface area contributed by atoms with Crippen molar-refractivity contribution in [2.45, 2.75) is 38.9 Å². The van der Waals surface area contributed by atoms with Crippen LogP contribution in [-0.2, 0) is 16.1 Å². The van der Waals surface area contributed by atoms with Gasteiger partial charge in [-0.3, -0.25) is 14.3 Å². The number of ether oxygens (including phenoxy) is 1. The van der Waals surface area contributed by atoms with E-state index in [0.29, 0.717) is 18.8 Å². The summed E-state index contributed by atoms with van der Waals surface area (Å²) in [6, 6.07) is 0.787. The molecule has 1 unspecified atom stereocenters. The lowest BCUT2D eigenvalue weighted by Gasteiger charge is -2.27. The van der Waals surface area contributed by atoms with Gasteiger partial charge in [-0.05, 0) is 32.4 Å². The maximum Gasteiger partial charge on any atom is 0.272 e. The van der Waals surface area contributed by atoms with Gasteiger partial charge in [-0.1, -0.05) is 12.2 Å². The van der Waals surface area contributed by atoms with Crippen molar-refractivity contribution in [3.8, 4) is 0 Å². The molecule has 1 N–H and O–H groups in total. The van der Waals surface area contributed by atoms with Crippen molar-refractivity contribution in [3.63, 3.8) is 0 Å². The second-order valence-electron chi connectivity index (χ2n) is 7.50. The van der Waals surface area contributed by atoms with Crippen LogP contribution in [0.2, 0.25) is 0 Å². The van der Waals surface area contributed by atoms with E-state index < -0.39 is 11.9 Å². The molecule has 1 aliphatic carbocycles. The lowest BCUT2D eigenvalue weighted by atomic mass is 10.1. The van der Waals surface area contributed by atoms with Gasteiger partial charge in [0.25, 0.3) is 5.91 Å². The summed E-state index contributed by atoms with van der Waals surface area (Å²) in [4.78, 5) is 35.6. The normalized spacial score (nSPS) is 20.8. The molecule has 0 spiro atoms. The van der Waals surface area contributed by atoms with E-state index in [9.17, 15) is 9.59 Å². The lowest BCUT2D eigenvalue weighted by Crippen LogP contribution is -2.50. The highest BCUT2D eigenvalue weighted by Gasteiger charge is 2.35. The van der Waals surface area contributed by atoms with Crippen LogP contribution in [0.4, 0.5) is 0 Å². The van der Waals surface area contributed by atoms with E-state index >= 15 is 0 Å². The molecular weight excluding hydrogens is 384 g/mol. The number of nitrogens with one attached hydrogen (secondary N) is 1. The number of carbonyl (C=O) groups is 2. The van der Waals surface area contributed by atoms with Crippen LogP contribution in [0.15, 0.2) is 42.4 Å². The SMILES string of the molecule is Cc1ncc(Cn2nc(C(=O)N[C@H]3COC4=CC=CCC4N(C)C3=O)cc2C)cn1. The molecule has 0 bridgehead atoms. The molecule has 0 saturated carbocycles. The molecular formula is C21H24N6O3. The van der Waals surface area contributed by atoms with Crippen LogP contribution in [0.3, 0.4) is 0 Å². The average Bonchev–Trinajstić information content (AvgIpc) is 3.06. The van der Waals surface area contributed by atoms with Crippen LogP contribution in [0, 0.1) is 13.8 Å². The Kier molecular flexibility index (Phi) is 5.35. The van der Waals surface area contributed by atoms with E-state index in [1.54, 1.807) is 35.1 Å². The Balaban J connectivity index is 1.46. The van der Waals surface area contributed by atoms with Crippen molar-refractivity contribution in [2.75, 3.05) is 13.7 Å². The molecule has 1 aliphatic heterocycles. The summed E-state index contributed by atoms with van der Waals surface area (Å²) >= 11 is 0. The van der Waals surface area contributed by atoms with Gasteiger partial charge >= 0.3 is 0 Å². The first-order chi connectivity index (χ1) is 14.4. The number of hydrogen-bond acceptors (Lipinski definition) is 6. The van der Waals surface area contributed by atoms with Crippen molar-refractivity contribution in [1.82, 2.24) is 30.0 Å². The molecule has 2 aromatic heterocycles. The summed E-state index contributed by atoms with van der Waals surface area (Å²) in [7, 11) is 1.73. The van der Waals surface area contributed by atoms with Crippen molar-refractivity contribution < 1.29 is 14.3 Å². The first-order valence-corrected chi connectivity index (χ1v) is 9.81. The second-order valence-corrected chi connectivity index (χ2v) is 7.50. The third-order valence-electron chi connectivity index (χ3n) is 5.30. The van der Waals surface area contributed by atoms with Crippen LogP contribution in [0.25, 0.3) is 0 Å². The highest BCUT2D eigenvalue weighted by molar-refractivity contribution is 5.96. The van der Waals surface area contributed by atoms with E-state index in [2.05, 4.69) is 20.4 Å². The number of hydrogen-bond donors (Lipinski definition) is 1. The number of allylic oxidation sites excluding steroid dienone is 2. The van der Waals surface area contributed by atoms with Gasteiger partial charge in [0.05, 0.1) is 12.6 Å². The Morgan fingerprint density at radius 1 is 1.30 bits per heavy atom. The van der Waals surface area contributed by atoms with Gasteiger partial charge in [-0.15, -0.1) is 0 Å². The molecule has 0 radical (unpaired) electrons. The molecule has 2 atom stereocenters. The molecule has 156 valence electrons. The quantitative estimate of drug-likeness (QED) is 0.814. The molecule has 30 heavy (non-hydrogen) atoms. The number of aryl methyl sites for hydroxylation is 2. The summed E-state index contributed by atoms with van der Waals surface area (Å²) < 4.78 is 7.52. The zero-order valence-corrected chi connectivity index (χ0v) is 17.2. The van der Waals surface area contributed by atoms with Gasteiger partial charge in [0, 0.05) is 30.7 Å². The fraction of sp³-hybridized carbons (Fsp3) is 0.381. The number of amides is 2. The minimum atomic E-state index is -0.773. The fourth-order valence-corrected chi connectivity index (χ4v) is 3.53. The van der Waals surface area contributed by atoms with E-state index in [1.165, 1.54) is 0 Å². The van der Waals surface area contributed by atoms with Gasteiger partial charge < -0.3 is 15.0 Å². The number of nitrogens with zero attached hydrogens (tertiary/aromatic N) is 5. The highest BCUT2D eigenvalue weighted by Crippen LogP contribution is 2.23. The monoisotopic (exact) mass is 408 g/mol. The lowest BCUT2D eigenvalue weighted by molar-refractivity contribution is -0.132. The summed E-state index contributed by atoms with van der Waals surface area (Å²) in [6.07, 6.45) is 9.95. The van der Waals surface area contributed by atoms with Crippen LogP contribution in [0.1, 0.15) is 34.0 Å². The topological polar surface area (TPSA) is 102 Å². The average molecular weight is 408 g/mol. The van der Waals surface area contributed by atoms with Crippen molar-refractivity contribution in [3.05, 3.63) is 65.2 Å². The largest absolute Gasteiger partial charge is 0.493 e. The molecule has 2 amide bonds. The maximum atomic E-state index is 12.8. The van der Waals surface area contributed by atoms with Crippen LogP contribution in [-0.4, -0.2) is 62.2 Å². The highest BCUT2D eigenvalue weighted by atomic mass is 16.5. The standard InChI is InChI=1S/C21H24N6O3/c1-13-8-16(25-27(13)11-15-9-22-14(2)23-10-15)20(28)24-17-12-30-19-7-5-4-6-18(19)26(3)21(17)29/h4-5,7-10,17-18H,6,11-12H2,1-3H3,(H,24,28)/t17-,18?/m0/s1. The second kappa shape index (κ2) is 8.10. The van der Waals surface area contributed by atoms with E-state index in [-0.39, 0.29) is 24.2 Å². The third kappa shape index (κ3) is 3.96. The van der Waals surface area contributed by atoms with Gasteiger partial charge in [-0.2, -0.15) is 5.10 Å². The molecule has 1 saturated heterocycles. The van der Waals surface area contributed by atoms with Crippen molar-refractivity contribution in [2.24, 2.45) is 0 Å². The Morgan fingerprint density at radius 3 is 2.83 bits per heavy atom. The molecule has 2 aliphatic rings. The number of carbonyl (C=O) groups excluding carboxylic acids is 2. The van der Waals surface area contributed by atoms with E-state index in [4.69, 9.17) is 4.74 Å². The molecule has 1 fully saturated rings. The Bertz CT molecular complexity index is 1020. The Labute approximate surface area is 174 Å². The van der Waals surface area contributed by atoms with E-state index in [1.807, 2.05) is 32.1 Å². The van der Waals surface area contributed by atoms with Gasteiger partial charge in [0.15, 0.2) is 0 Å². The summed E-state index contributed by atoms with van der Waals surface area (Å²) in [5, 5.41) is 7.17. The summed E-state index contributed by atoms with van der Waals surface area (Å²) in [6.45, 7) is 4.24. The Morgan fingerprint density at radius 2 is 2.07 bits per heavy atom. The molecule has 3 heterocycles. The van der Waals surface area contributed by atoms with Crippen molar-refractivity contribution in [1.29, 1.82) is 0 Å². The number of rotatable bonds is 4. The first-order valence-electron chi connectivity index (χ1n) is 9.81. The number of aromatic nitrogens is 4. The third-order valence-corrected chi connectivity index (χ3v) is 5.30. The van der Waals surface area contributed by atoms with Crippen LogP contribution in [0.5, 0.6) is 0 Å². The zero-order valence-electron chi connectivity index (χ0n) is 17.2. The Hall–Kier alpha value is -3.49. The summed E-state index contributed by atoms with van der Waals surface area (Å²) in [5.41, 5.74) is 1.96. The predicted molar refractivity (Wildman–Crippen MR) is 108 cm³/mol. The fourth-order valence-electron chi connectivity index (χ4n) is 3.53.